The Bertz CT molecular complexity index is 1270. The smallest absolute Gasteiger partial charge is 0.269 e. The summed E-state index contributed by atoms with van der Waals surface area (Å²) in [6.45, 7) is 4.58. The Kier molecular flexibility index (Phi) is 7.37. The SMILES string of the molecule is COCCCNC(=O)/C(C#N)=C/c1c(Oc2cccc(C)c2)nc2c(C)cccn2c1=O. The zero-order valence-electron chi connectivity index (χ0n) is 18.2. The monoisotopic (exact) mass is 432 g/mol. The Balaban J connectivity index is 2.10. The maximum absolute atomic E-state index is 13.3. The summed E-state index contributed by atoms with van der Waals surface area (Å²) in [5.41, 5.74) is 1.54. The lowest BCUT2D eigenvalue weighted by molar-refractivity contribution is -0.117. The first-order valence-electron chi connectivity index (χ1n) is 10.1. The quantitative estimate of drug-likeness (QED) is 0.333. The summed E-state index contributed by atoms with van der Waals surface area (Å²) in [6, 6.07) is 12.7. The molecule has 164 valence electrons. The number of rotatable bonds is 8. The van der Waals surface area contributed by atoms with Gasteiger partial charge in [0, 0.05) is 26.5 Å². The van der Waals surface area contributed by atoms with E-state index in [1.165, 1.54) is 10.5 Å². The van der Waals surface area contributed by atoms with Crippen LogP contribution in [-0.4, -0.2) is 35.6 Å². The first kappa shape index (κ1) is 22.7. The number of nitrogens with zero attached hydrogens (tertiary/aromatic N) is 3. The largest absolute Gasteiger partial charge is 0.438 e. The molecule has 3 rings (SSSR count). The molecule has 0 radical (unpaired) electrons. The summed E-state index contributed by atoms with van der Waals surface area (Å²) in [5.74, 6) is -0.0688. The summed E-state index contributed by atoms with van der Waals surface area (Å²) in [7, 11) is 1.57. The Morgan fingerprint density at radius 2 is 2.09 bits per heavy atom. The number of aromatic nitrogens is 2. The van der Waals surface area contributed by atoms with Crippen molar-refractivity contribution in [1.82, 2.24) is 14.7 Å². The van der Waals surface area contributed by atoms with Crippen LogP contribution < -0.4 is 15.6 Å². The van der Waals surface area contributed by atoms with E-state index >= 15 is 0 Å². The molecule has 32 heavy (non-hydrogen) atoms. The van der Waals surface area contributed by atoms with Gasteiger partial charge in [-0.25, -0.2) is 0 Å². The fraction of sp³-hybridized carbons (Fsp3) is 0.250. The standard InChI is InChI=1S/C24H24N4O4/c1-16-7-4-9-19(13-16)32-23-20(14-18(15-25)22(29)26-10-6-12-31-3)24(30)28-11-5-8-17(2)21(28)27-23/h4-5,7-9,11,13-14H,6,10,12H2,1-3H3,(H,26,29)/b18-14+. The van der Waals surface area contributed by atoms with Gasteiger partial charge in [-0.1, -0.05) is 18.2 Å². The van der Waals surface area contributed by atoms with Gasteiger partial charge in [0.15, 0.2) is 0 Å². The first-order chi connectivity index (χ1) is 15.4. The molecular weight excluding hydrogens is 408 g/mol. The van der Waals surface area contributed by atoms with Gasteiger partial charge >= 0.3 is 0 Å². The van der Waals surface area contributed by atoms with Crippen LogP contribution in [0.15, 0.2) is 53.0 Å². The van der Waals surface area contributed by atoms with Gasteiger partial charge in [0.05, 0.1) is 0 Å². The lowest BCUT2D eigenvalue weighted by Gasteiger charge is -2.12. The minimum absolute atomic E-state index is 0.0122. The third-order valence-corrected chi connectivity index (χ3v) is 4.72. The number of hydrogen-bond donors (Lipinski definition) is 1. The molecule has 2 aromatic heterocycles. The zero-order chi connectivity index (χ0) is 23.1. The highest BCUT2D eigenvalue weighted by molar-refractivity contribution is 6.01. The molecule has 0 fully saturated rings. The Morgan fingerprint density at radius 3 is 2.81 bits per heavy atom. The molecule has 8 nitrogen and oxygen atoms in total. The number of pyridine rings is 1. The van der Waals surface area contributed by atoms with E-state index in [0.29, 0.717) is 31.0 Å². The number of nitrogens with one attached hydrogen (secondary N) is 1. The van der Waals surface area contributed by atoms with E-state index in [-0.39, 0.29) is 17.0 Å². The summed E-state index contributed by atoms with van der Waals surface area (Å²) in [4.78, 5) is 30.3. The van der Waals surface area contributed by atoms with Crippen molar-refractivity contribution in [3.63, 3.8) is 0 Å². The van der Waals surface area contributed by atoms with Gasteiger partial charge in [-0.05, 0) is 55.7 Å². The topological polar surface area (TPSA) is 106 Å². The molecule has 1 amide bonds. The number of ether oxygens (including phenoxy) is 2. The first-order valence-corrected chi connectivity index (χ1v) is 10.1. The van der Waals surface area contributed by atoms with Crippen LogP contribution >= 0.6 is 0 Å². The summed E-state index contributed by atoms with van der Waals surface area (Å²) < 4.78 is 12.3. The van der Waals surface area contributed by atoms with Crippen LogP contribution in [0.3, 0.4) is 0 Å². The third-order valence-electron chi connectivity index (χ3n) is 4.72. The molecule has 0 saturated heterocycles. The molecule has 8 heteroatoms. The number of nitriles is 1. The molecule has 0 unspecified atom stereocenters. The van der Waals surface area contributed by atoms with Crippen molar-refractivity contribution in [2.75, 3.05) is 20.3 Å². The molecule has 3 aromatic rings. The van der Waals surface area contributed by atoms with E-state index in [1.807, 2.05) is 44.2 Å². The van der Waals surface area contributed by atoms with E-state index < -0.39 is 11.5 Å². The number of hydrogen-bond acceptors (Lipinski definition) is 6. The Labute approximate surface area is 185 Å². The zero-order valence-corrected chi connectivity index (χ0v) is 18.2. The fourth-order valence-corrected chi connectivity index (χ4v) is 3.09. The Hall–Kier alpha value is -3.96. The van der Waals surface area contributed by atoms with E-state index in [1.54, 1.807) is 25.4 Å². The van der Waals surface area contributed by atoms with Crippen LogP contribution in [0.1, 0.15) is 23.1 Å². The second-order valence-electron chi connectivity index (χ2n) is 7.21. The number of benzene rings is 1. The van der Waals surface area contributed by atoms with Crippen LogP contribution in [0.2, 0.25) is 0 Å². The molecule has 0 aliphatic rings. The highest BCUT2D eigenvalue weighted by Crippen LogP contribution is 2.25. The van der Waals surface area contributed by atoms with Crippen LogP contribution in [0.5, 0.6) is 11.6 Å². The maximum Gasteiger partial charge on any atom is 0.269 e. The highest BCUT2D eigenvalue weighted by Gasteiger charge is 2.18. The molecule has 0 bridgehead atoms. The highest BCUT2D eigenvalue weighted by atomic mass is 16.5. The number of methoxy groups -OCH3 is 1. The van der Waals surface area contributed by atoms with Gasteiger partial charge < -0.3 is 14.8 Å². The average Bonchev–Trinajstić information content (AvgIpc) is 2.77. The number of amides is 1. The van der Waals surface area contributed by atoms with Crippen molar-refractivity contribution < 1.29 is 14.3 Å². The van der Waals surface area contributed by atoms with Crippen molar-refractivity contribution in [1.29, 1.82) is 5.26 Å². The second kappa shape index (κ2) is 10.4. The molecular formula is C24H24N4O4. The predicted octanol–water partition coefficient (Wildman–Crippen LogP) is 3.16. The third kappa shape index (κ3) is 5.20. The van der Waals surface area contributed by atoms with E-state index in [2.05, 4.69) is 10.3 Å². The van der Waals surface area contributed by atoms with Gasteiger partial charge in [0.1, 0.15) is 28.6 Å². The van der Waals surface area contributed by atoms with Crippen molar-refractivity contribution in [2.45, 2.75) is 20.3 Å². The minimum atomic E-state index is -0.584. The molecule has 0 atom stereocenters. The van der Waals surface area contributed by atoms with Gasteiger partial charge in [-0.3, -0.25) is 14.0 Å². The summed E-state index contributed by atoms with van der Waals surface area (Å²) >= 11 is 0. The molecule has 0 saturated carbocycles. The van der Waals surface area contributed by atoms with Gasteiger partial charge in [0.25, 0.3) is 11.5 Å². The number of carbonyl (C=O) groups excluding carboxylic acids is 1. The predicted molar refractivity (Wildman–Crippen MR) is 121 cm³/mol. The average molecular weight is 432 g/mol. The van der Waals surface area contributed by atoms with E-state index in [9.17, 15) is 14.9 Å². The molecule has 1 N–H and O–H groups in total. The molecule has 1 aromatic carbocycles. The lowest BCUT2D eigenvalue weighted by atomic mass is 10.1. The number of aryl methyl sites for hydroxylation is 2. The molecule has 0 spiro atoms. The molecule has 2 heterocycles. The van der Waals surface area contributed by atoms with Gasteiger partial charge in [0.2, 0.25) is 5.88 Å². The molecule has 0 aliphatic carbocycles. The van der Waals surface area contributed by atoms with Gasteiger partial charge in [-0.2, -0.15) is 10.2 Å². The van der Waals surface area contributed by atoms with Crippen molar-refractivity contribution >= 4 is 17.6 Å². The van der Waals surface area contributed by atoms with Crippen LogP contribution in [0, 0.1) is 25.2 Å². The van der Waals surface area contributed by atoms with Crippen molar-refractivity contribution in [2.24, 2.45) is 0 Å². The second-order valence-corrected chi connectivity index (χ2v) is 7.21. The lowest BCUT2D eigenvalue weighted by Crippen LogP contribution is -2.27. The number of fused-ring (bicyclic) bond motifs is 1. The summed E-state index contributed by atoms with van der Waals surface area (Å²) in [6.07, 6.45) is 3.41. The van der Waals surface area contributed by atoms with Crippen LogP contribution in [0.4, 0.5) is 0 Å². The van der Waals surface area contributed by atoms with E-state index in [0.717, 1.165) is 11.1 Å². The van der Waals surface area contributed by atoms with Crippen molar-refractivity contribution in [3.05, 3.63) is 75.2 Å². The van der Waals surface area contributed by atoms with E-state index in [4.69, 9.17) is 9.47 Å². The normalized spacial score (nSPS) is 11.2. The summed E-state index contributed by atoms with van der Waals surface area (Å²) in [5, 5.41) is 12.2. The van der Waals surface area contributed by atoms with Crippen LogP contribution in [-0.2, 0) is 9.53 Å². The molecule has 0 aliphatic heterocycles. The minimum Gasteiger partial charge on any atom is -0.438 e. The van der Waals surface area contributed by atoms with Gasteiger partial charge in [-0.15, -0.1) is 0 Å². The number of carbonyl (C=O) groups is 1. The van der Waals surface area contributed by atoms with Crippen LogP contribution in [0.25, 0.3) is 11.7 Å². The maximum atomic E-state index is 13.3. The van der Waals surface area contributed by atoms with Crippen molar-refractivity contribution in [3.8, 4) is 17.7 Å². The Morgan fingerprint density at radius 1 is 1.28 bits per heavy atom. The fourth-order valence-electron chi connectivity index (χ4n) is 3.09.